The van der Waals surface area contributed by atoms with Crippen LogP contribution >= 0.6 is 0 Å². The molecule has 0 saturated heterocycles. The molecule has 0 aliphatic heterocycles. The molecule has 1 aliphatic rings. The number of hydrogen-bond acceptors (Lipinski definition) is 4. The average molecular weight is 282 g/mol. The molecule has 1 aliphatic carbocycles. The van der Waals surface area contributed by atoms with Gasteiger partial charge in [-0.1, -0.05) is 18.2 Å². The normalized spacial score (nSPS) is 17.0. The number of nitrogens with two attached hydrogens (primary N) is 1. The molecule has 0 unspecified atom stereocenters. The smallest absolute Gasteiger partial charge is 0.279 e. The van der Waals surface area contributed by atoms with E-state index in [0.29, 0.717) is 12.5 Å². The SMILES string of the molecule is N=C(N)OC[C@H]1CCc2cccc(-c3cncnc3)c2C1. The second-order valence-electron chi connectivity index (χ2n) is 5.35. The van der Waals surface area contributed by atoms with Crippen LogP contribution in [0.4, 0.5) is 0 Å². The Bertz CT molecular complexity index is 642. The number of benzene rings is 1. The Hall–Kier alpha value is -2.43. The summed E-state index contributed by atoms with van der Waals surface area (Å²) in [4.78, 5) is 8.22. The summed E-state index contributed by atoms with van der Waals surface area (Å²) in [6.45, 7) is 0.508. The van der Waals surface area contributed by atoms with Crippen molar-refractivity contribution in [1.29, 1.82) is 5.41 Å². The highest BCUT2D eigenvalue weighted by molar-refractivity contribution is 5.68. The molecular formula is C16H18N4O. The average Bonchev–Trinajstić information content (AvgIpc) is 2.53. The van der Waals surface area contributed by atoms with Crippen molar-refractivity contribution in [3.05, 3.63) is 48.0 Å². The second kappa shape index (κ2) is 5.91. The van der Waals surface area contributed by atoms with Crippen LogP contribution in [0.1, 0.15) is 17.5 Å². The highest BCUT2D eigenvalue weighted by Crippen LogP contribution is 2.33. The van der Waals surface area contributed by atoms with E-state index in [4.69, 9.17) is 15.9 Å². The van der Waals surface area contributed by atoms with Crippen LogP contribution < -0.4 is 5.73 Å². The van der Waals surface area contributed by atoms with Gasteiger partial charge in [0, 0.05) is 18.0 Å². The predicted molar refractivity (Wildman–Crippen MR) is 80.8 cm³/mol. The van der Waals surface area contributed by atoms with Gasteiger partial charge in [-0.2, -0.15) is 0 Å². The van der Waals surface area contributed by atoms with E-state index in [2.05, 4.69) is 28.2 Å². The first-order valence-electron chi connectivity index (χ1n) is 7.07. The van der Waals surface area contributed by atoms with Gasteiger partial charge in [0.15, 0.2) is 0 Å². The third-order valence-electron chi connectivity index (χ3n) is 3.93. The summed E-state index contributed by atoms with van der Waals surface area (Å²) in [6.07, 6.45) is 8.27. The molecular weight excluding hydrogens is 264 g/mol. The van der Waals surface area contributed by atoms with Crippen molar-refractivity contribution < 1.29 is 4.74 Å². The van der Waals surface area contributed by atoms with Crippen molar-refractivity contribution in [2.75, 3.05) is 6.61 Å². The molecule has 5 heteroatoms. The molecule has 3 N–H and O–H groups in total. The lowest BCUT2D eigenvalue weighted by molar-refractivity contribution is 0.218. The van der Waals surface area contributed by atoms with Gasteiger partial charge in [0.05, 0.1) is 6.61 Å². The molecule has 1 heterocycles. The van der Waals surface area contributed by atoms with Crippen LogP contribution in [0.15, 0.2) is 36.9 Å². The number of aromatic nitrogens is 2. The minimum absolute atomic E-state index is 0.203. The maximum absolute atomic E-state index is 7.17. The van der Waals surface area contributed by atoms with Crippen LogP contribution in [0.3, 0.4) is 0 Å². The molecule has 2 aromatic rings. The highest BCUT2D eigenvalue weighted by atomic mass is 16.5. The number of nitrogens with zero attached hydrogens (tertiary/aromatic N) is 2. The first kappa shape index (κ1) is 13.5. The fourth-order valence-corrected chi connectivity index (χ4v) is 2.92. The van der Waals surface area contributed by atoms with Crippen LogP contribution in [-0.2, 0) is 17.6 Å². The molecule has 21 heavy (non-hydrogen) atoms. The van der Waals surface area contributed by atoms with E-state index in [1.165, 1.54) is 16.7 Å². The Balaban J connectivity index is 1.88. The summed E-state index contributed by atoms with van der Waals surface area (Å²) in [5.41, 5.74) is 10.2. The van der Waals surface area contributed by atoms with Crippen molar-refractivity contribution in [2.24, 2.45) is 11.7 Å². The van der Waals surface area contributed by atoms with Crippen LogP contribution in [0.5, 0.6) is 0 Å². The zero-order valence-electron chi connectivity index (χ0n) is 11.7. The fourth-order valence-electron chi connectivity index (χ4n) is 2.92. The van der Waals surface area contributed by atoms with Gasteiger partial charge in [-0.3, -0.25) is 5.41 Å². The van der Waals surface area contributed by atoms with E-state index in [1.807, 2.05) is 12.4 Å². The number of aryl methyl sites for hydroxylation is 1. The van der Waals surface area contributed by atoms with Crippen molar-refractivity contribution in [1.82, 2.24) is 9.97 Å². The minimum atomic E-state index is -0.203. The van der Waals surface area contributed by atoms with Gasteiger partial charge in [-0.05, 0) is 41.9 Å². The Morgan fingerprint density at radius 1 is 1.33 bits per heavy atom. The van der Waals surface area contributed by atoms with Gasteiger partial charge < -0.3 is 10.5 Å². The molecule has 0 amide bonds. The van der Waals surface area contributed by atoms with Gasteiger partial charge in [0.2, 0.25) is 0 Å². The van der Waals surface area contributed by atoms with Crippen LogP contribution in [0.25, 0.3) is 11.1 Å². The molecule has 0 radical (unpaired) electrons. The predicted octanol–water partition coefficient (Wildman–Crippen LogP) is 2.16. The molecule has 5 nitrogen and oxygen atoms in total. The Kier molecular flexibility index (Phi) is 3.81. The minimum Gasteiger partial charge on any atom is -0.465 e. The quantitative estimate of drug-likeness (QED) is 0.667. The summed E-state index contributed by atoms with van der Waals surface area (Å²) in [5, 5.41) is 7.17. The standard InChI is InChI=1S/C16H18N4O/c17-16(18)21-9-11-4-5-12-2-1-3-14(15(12)6-11)13-7-19-10-20-8-13/h1-3,7-8,10-11H,4-6,9H2,(H3,17,18)/t11-/m0/s1. The summed E-state index contributed by atoms with van der Waals surface area (Å²) in [6, 6.07) is 6.19. The maximum Gasteiger partial charge on any atom is 0.279 e. The van der Waals surface area contributed by atoms with Gasteiger partial charge in [-0.25, -0.2) is 9.97 Å². The number of rotatable bonds is 3. The van der Waals surface area contributed by atoms with Crippen LogP contribution in [0.2, 0.25) is 0 Å². The van der Waals surface area contributed by atoms with E-state index >= 15 is 0 Å². The number of ether oxygens (including phenoxy) is 1. The number of fused-ring (bicyclic) bond motifs is 1. The molecule has 0 bridgehead atoms. The molecule has 108 valence electrons. The zero-order valence-corrected chi connectivity index (χ0v) is 11.7. The Labute approximate surface area is 123 Å². The fraction of sp³-hybridized carbons (Fsp3) is 0.312. The lowest BCUT2D eigenvalue weighted by Crippen LogP contribution is -2.24. The third kappa shape index (κ3) is 3.02. The van der Waals surface area contributed by atoms with Gasteiger partial charge >= 0.3 is 0 Å². The van der Waals surface area contributed by atoms with E-state index in [0.717, 1.165) is 24.8 Å². The lowest BCUT2D eigenvalue weighted by Gasteiger charge is -2.26. The monoisotopic (exact) mass is 282 g/mol. The summed E-state index contributed by atoms with van der Waals surface area (Å²) in [5.74, 6) is 0.396. The first-order chi connectivity index (χ1) is 10.2. The molecule has 3 rings (SSSR count). The molecule has 1 aromatic carbocycles. The molecule has 0 spiro atoms. The van der Waals surface area contributed by atoms with Crippen molar-refractivity contribution >= 4 is 6.02 Å². The van der Waals surface area contributed by atoms with Gasteiger partial charge in [0.25, 0.3) is 6.02 Å². The second-order valence-corrected chi connectivity index (χ2v) is 5.35. The van der Waals surface area contributed by atoms with Crippen LogP contribution in [-0.4, -0.2) is 22.6 Å². The number of amidine groups is 1. The van der Waals surface area contributed by atoms with Crippen molar-refractivity contribution in [2.45, 2.75) is 19.3 Å². The van der Waals surface area contributed by atoms with E-state index in [-0.39, 0.29) is 6.02 Å². The summed E-state index contributed by atoms with van der Waals surface area (Å²) < 4.78 is 5.18. The van der Waals surface area contributed by atoms with Gasteiger partial charge in [0.1, 0.15) is 6.33 Å². The van der Waals surface area contributed by atoms with Crippen LogP contribution in [0, 0.1) is 11.3 Å². The zero-order chi connectivity index (χ0) is 14.7. The maximum atomic E-state index is 7.17. The van der Waals surface area contributed by atoms with E-state index in [1.54, 1.807) is 6.33 Å². The Morgan fingerprint density at radius 3 is 2.90 bits per heavy atom. The lowest BCUT2D eigenvalue weighted by atomic mass is 9.81. The number of hydrogen-bond donors (Lipinski definition) is 2. The molecule has 1 aromatic heterocycles. The van der Waals surface area contributed by atoms with E-state index in [9.17, 15) is 0 Å². The van der Waals surface area contributed by atoms with Gasteiger partial charge in [-0.15, -0.1) is 0 Å². The molecule has 1 atom stereocenters. The number of nitrogens with one attached hydrogen (secondary N) is 1. The first-order valence-corrected chi connectivity index (χ1v) is 7.07. The van der Waals surface area contributed by atoms with E-state index < -0.39 is 0 Å². The van der Waals surface area contributed by atoms with Crippen molar-refractivity contribution in [3.8, 4) is 11.1 Å². The summed E-state index contributed by atoms with van der Waals surface area (Å²) >= 11 is 0. The third-order valence-corrected chi connectivity index (χ3v) is 3.93. The highest BCUT2D eigenvalue weighted by Gasteiger charge is 2.22. The largest absolute Gasteiger partial charge is 0.465 e. The summed E-state index contributed by atoms with van der Waals surface area (Å²) in [7, 11) is 0. The molecule has 0 fully saturated rings. The van der Waals surface area contributed by atoms with Crippen molar-refractivity contribution in [3.63, 3.8) is 0 Å². The Morgan fingerprint density at radius 2 is 2.14 bits per heavy atom. The topological polar surface area (TPSA) is 84.9 Å². The molecule has 0 saturated carbocycles.